The summed E-state index contributed by atoms with van der Waals surface area (Å²) in [5.74, 6) is -0.802. The van der Waals surface area contributed by atoms with Crippen LogP contribution >= 0.6 is 10.7 Å². The summed E-state index contributed by atoms with van der Waals surface area (Å²) in [5.41, 5.74) is -0.260. The summed E-state index contributed by atoms with van der Waals surface area (Å²) < 4.78 is 36.7. The molecule has 0 saturated carbocycles. The van der Waals surface area contributed by atoms with E-state index in [0.29, 0.717) is 12.5 Å². The summed E-state index contributed by atoms with van der Waals surface area (Å²) >= 11 is 0. The second-order valence-corrected chi connectivity index (χ2v) is 8.04. The number of benzene rings is 1. The molecule has 4 nitrogen and oxygen atoms in total. The van der Waals surface area contributed by atoms with Crippen molar-refractivity contribution >= 4 is 25.6 Å². The van der Waals surface area contributed by atoms with Gasteiger partial charge in [-0.1, -0.05) is 20.8 Å². The average Bonchev–Trinajstić information content (AvgIpc) is 2.37. The Morgan fingerprint density at radius 2 is 1.90 bits per heavy atom. The van der Waals surface area contributed by atoms with Gasteiger partial charge in [0.25, 0.3) is 15.0 Å². The first kappa shape index (κ1) is 17.9. The van der Waals surface area contributed by atoms with Crippen molar-refractivity contribution in [3.63, 3.8) is 0 Å². The molecule has 0 saturated heterocycles. The Kier molecular flexibility index (Phi) is 5.75. The average molecular weight is 336 g/mol. The van der Waals surface area contributed by atoms with Crippen molar-refractivity contribution in [3.8, 4) is 0 Å². The predicted octanol–water partition coefficient (Wildman–Crippen LogP) is 3.08. The van der Waals surface area contributed by atoms with Crippen molar-refractivity contribution in [1.82, 2.24) is 5.32 Å². The maximum atomic E-state index is 14.0. The summed E-state index contributed by atoms with van der Waals surface area (Å²) in [6.07, 6.45) is 0. The molecule has 0 aliphatic carbocycles. The van der Waals surface area contributed by atoms with E-state index in [1.54, 1.807) is 0 Å². The lowest BCUT2D eigenvalue weighted by Gasteiger charge is -2.16. The summed E-state index contributed by atoms with van der Waals surface area (Å²) in [7, 11) is 1.23. The molecule has 1 atom stereocenters. The lowest BCUT2D eigenvalue weighted by atomic mass is 9.98. The smallest absolute Gasteiger partial charge is 0.261 e. The van der Waals surface area contributed by atoms with Gasteiger partial charge < -0.3 is 5.32 Å². The standard InChI is InChI=1S/C14H19ClFNO3S/c1-8(2)10(4)7-17-14(18)12-6-11(21(15,19)20)5-9(3)13(12)16/h5-6,8,10H,7H2,1-4H3,(H,17,18). The molecule has 1 unspecified atom stereocenters. The molecule has 1 N–H and O–H groups in total. The zero-order valence-electron chi connectivity index (χ0n) is 12.4. The monoisotopic (exact) mass is 335 g/mol. The van der Waals surface area contributed by atoms with Gasteiger partial charge in [0.2, 0.25) is 0 Å². The summed E-state index contributed by atoms with van der Waals surface area (Å²) in [5, 5.41) is 2.61. The van der Waals surface area contributed by atoms with Crippen LogP contribution in [0.4, 0.5) is 4.39 Å². The van der Waals surface area contributed by atoms with Gasteiger partial charge in [0.1, 0.15) is 5.82 Å². The Morgan fingerprint density at radius 3 is 2.38 bits per heavy atom. The van der Waals surface area contributed by atoms with Gasteiger partial charge >= 0.3 is 0 Å². The molecule has 0 radical (unpaired) electrons. The Balaban J connectivity index is 3.07. The molecule has 7 heteroatoms. The minimum absolute atomic E-state index is 0.0544. The summed E-state index contributed by atoms with van der Waals surface area (Å²) in [6, 6.07) is 2.06. The minimum atomic E-state index is -4.02. The molecule has 0 fully saturated rings. The highest BCUT2D eigenvalue weighted by Gasteiger charge is 2.20. The van der Waals surface area contributed by atoms with E-state index in [1.807, 2.05) is 20.8 Å². The third-order valence-corrected chi connectivity index (χ3v) is 4.81. The second-order valence-electron chi connectivity index (χ2n) is 5.47. The molecule has 1 rings (SSSR count). The van der Waals surface area contributed by atoms with Crippen LogP contribution in [0.5, 0.6) is 0 Å². The van der Waals surface area contributed by atoms with E-state index in [4.69, 9.17) is 10.7 Å². The molecule has 0 spiro atoms. The van der Waals surface area contributed by atoms with Crippen molar-refractivity contribution in [2.75, 3.05) is 6.54 Å². The van der Waals surface area contributed by atoms with Crippen LogP contribution in [0.2, 0.25) is 0 Å². The van der Waals surface area contributed by atoms with Crippen LogP contribution in [-0.4, -0.2) is 20.9 Å². The number of carbonyl (C=O) groups is 1. The van der Waals surface area contributed by atoms with Crippen molar-refractivity contribution in [3.05, 3.63) is 29.1 Å². The maximum Gasteiger partial charge on any atom is 0.261 e. The van der Waals surface area contributed by atoms with Gasteiger partial charge in [-0.2, -0.15) is 0 Å². The van der Waals surface area contributed by atoms with Gasteiger partial charge in [0, 0.05) is 17.2 Å². The van der Waals surface area contributed by atoms with E-state index in [9.17, 15) is 17.6 Å². The van der Waals surface area contributed by atoms with Crippen LogP contribution in [0.3, 0.4) is 0 Å². The highest BCUT2D eigenvalue weighted by Crippen LogP contribution is 2.22. The van der Waals surface area contributed by atoms with E-state index in [1.165, 1.54) is 6.92 Å². The topological polar surface area (TPSA) is 63.2 Å². The van der Waals surface area contributed by atoms with Gasteiger partial charge in [-0.3, -0.25) is 4.79 Å². The lowest BCUT2D eigenvalue weighted by molar-refractivity contribution is 0.0940. The fourth-order valence-corrected chi connectivity index (χ4v) is 2.47. The quantitative estimate of drug-likeness (QED) is 0.841. The number of aryl methyl sites for hydroxylation is 1. The Morgan fingerprint density at radius 1 is 1.33 bits per heavy atom. The normalized spacial score (nSPS) is 13.3. The van der Waals surface area contributed by atoms with E-state index >= 15 is 0 Å². The largest absolute Gasteiger partial charge is 0.352 e. The predicted molar refractivity (Wildman–Crippen MR) is 80.5 cm³/mol. The number of rotatable bonds is 5. The number of nitrogens with one attached hydrogen (secondary N) is 1. The van der Waals surface area contributed by atoms with Crippen LogP contribution in [0.1, 0.15) is 36.7 Å². The molecule has 0 heterocycles. The zero-order chi connectivity index (χ0) is 16.4. The molecule has 1 amide bonds. The van der Waals surface area contributed by atoms with E-state index in [2.05, 4.69) is 5.32 Å². The molecule has 0 aromatic heterocycles. The Hall–Kier alpha value is -1.14. The molecule has 0 bridgehead atoms. The van der Waals surface area contributed by atoms with E-state index in [0.717, 1.165) is 12.1 Å². The fourth-order valence-electron chi connectivity index (χ4n) is 1.63. The number of hydrogen-bond acceptors (Lipinski definition) is 3. The van der Waals surface area contributed by atoms with Gasteiger partial charge in [0.15, 0.2) is 0 Å². The molecule has 118 valence electrons. The highest BCUT2D eigenvalue weighted by atomic mass is 35.7. The number of halogens is 2. The van der Waals surface area contributed by atoms with Crippen molar-refractivity contribution < 1.29 is 17.6 Å². The van der Waals surface area contributed by atoms with Crippen molar-refractivity contribution in [1.29, 1.82) is 0 Å². The van der Waals surface area contributed by atoms with Gasteiger partial charge in [-0.25, -0.2) is 12.8 Å². The second kappa shape index (κ2) is 6.75. The maximum absolute atomic E-state index is 14.0. The SMILES string of the molecule is Cc1cc(S(=O)(=O)Cl)cc(C(=O)NCC(C)C(C)C)c1F. The number of amides is 1. The Labute approximate surface area is 129 Å². The molecule has 0 aliphatic heterocycles. The van der Waals surface area contributed by atoms with Gasteiger partial charge in [0.05, 0.1) is 10.5 Å². The van der Waals surface area contributed by atoms with Crippen LogP contribution in [-0.2, 0) is 9.05 Å². The summed E-state index contributed by atoms with van der Waals surface area (Å²) in [4.78, 5) is 11.7. The molecule has 1 aromatic carbocycles. The first-order chi connectivity index (χ1) is 9.54. The summed E-state index contributed by atoms with van der Waals surface area (Å²) in [6.45, 7) is 7.76. The van der Waals surface area contributed by atoms with Crippen LogP contribution in [0, 0.1) is 24.6 Å². The molecular weight excluding hydrogens is 317 g/mol. The van der Waals surface area contributed by atoms with Crippen LogP contribution < -0.4 is 5.32 Å². The third-order valence-electron chi connectivity index (χ3n) is 3.48. The van der Waals surface area contributed by atoms with Crippen LogP contribution in [0.15, 0.2) is 17.0 Å². The first-order valence-electron chi connectivity index (χ1n) is 6.57. The zero-order valence-corrected chi connectivity index (χ0v) is 14.0. The fraction of sp³-hybridized carbons (Fsp3) is 0.500. The van der Waals surface area contributed by atoms with Crippen LogP contribution in [0.25, 0.3) is 0 Å². The van der Waals surface area contributed by atoms with E-state index < -0.39 is 20.8 Å². The molecule has 21 heavy (non-hydrogen) atoms. The van der Waals surface area contributed by atoms with Gasteiger partial charge in [-0.05, 0) is 36.5 Å². The number of carbonyl (C=O) groups excluding carboxylic acids is 1. The van der Waals surface area contributed by atoms with Gasteiger partial charge in [-0.15, -0.1) is 0 Å². The molecule has 1 aromatic rings. The van der Waals surface area contributed by atoms with E-state index in [-0.39, 0.29) is 21.9 Å². The third kappa shape index (κ3) is 4.68. The molecule has 0 aliphatic rings. The van der Waals surface area contributed by atoms with Crippen molar-refractivity contribution in [2.24, 2.45) is 11.8 Å². The highest BCUT2D eigenvalue weighted by molar-refractivity contribution is 8.13. The lowest BCUT2D eigenvalue weighted by Crippen LogP contribution is -2.31. The molecular formula is C14H19ClFNO3S. The Bertz CT molecular complexity index is 644. The number of hydrogen-bond donors (Lipinski definition) is 1. The minimum Gasteiger partial charge on any atom is -0.352 e. The first-order valence-corrected chi connectivity index (χ1v) is 8.88. The van der Waals surface area contributed by atoms with Crippen molar-refractivity contribution in [2.45, 2.75) is 32.6 Å².